The van der Waals surface area contributed by atoms with Crippen LogP contribution in [0.1, 0.15) is 11.1 Å². The Labute approximate surface area is 148 Å². The number of anilines is 1. The summed E-state index contributed by atoms with van der Waals surface area (Å²) in [7, 11) is 0. The van der Waals surface area contributed by atoms with Crippen molar-refractivity contribution in [3.63, 3.8) is 0 Å². The molecule has 0 atom stereocenters. The lowest BCUT2D eigenvalue weighted by Crippen LogP contribution is -1.99. The highest BCUT2D eigenvalue weighted by Crippen LogP contribution is 2.25. The average molecular weight is 342 g/mol. The molecular formula is C20H20ClNO2. The van der Waals surface area contributed by atoms with E-state index >= 15 is 0 Å². The third-order valence-electron chi connectivity index (χ3n) is 3.40. The SMILES string of the molecule is Cl.Nc1cc(OCc2ccccc2)cc(OCc2ccccc2)c1. The largest absolute Gasteiger partial charge is 0.489 e. The van der Waals surface area contributed by atoms with Gasteiger partial charge in [0.15, 0.2) is 0 Å². The fourth-order valence-electron chi connectivity index (χ4n) is 2.24. The molecule has 0 aliphatic rings. The van der Waals surface area contributed by atoms with Crippen molar-refractivity contribution in [2.45, 2.75) is 13.2 Å². The van der Waals surface area contributed by atoms with E-state index in [-0.39, 0.29) is 12.4 Å². The molecule has 3 nitrogen and oxygen atoms in total. The van der Waals surface area contributed by atoms with E-state index in [9.17, 15) is 0 Å². The van der Waals surface area contributed by atoms with E-state index in [2.05, 4.69) is 0 Å². The molecule has 0 aliphatic heterocycles. The summed E-state index contributed by atoms with van der Waals surface area (Å²) in [5.74, 6) is 1.41. The molecule has 124 valence electrons. The molecule has 3 aromatic carbocycles. The summed E-state index contributed by atoms with van der Waals surface area (Å²) in [5.41, 5.74) is 8.79. The molecule has 0 saturated carbocycles. The highest BCUT2D eigenvalue weighted by Gasteiger charge is 2.03. The van der Waals surface area contributed by atoms with Gasteiger partial charge in [-0.3, -0.25) is 0 Å². The van der Waals surface area contributed by atoms with Gasteiger partial charge in [0.1, 0.15) is 24.7 Å². The highest BCUT2D eigenvalue weighted by atomic mass is 35.5. The van der Waals surface area contributed by atoms with Crippen LogP contribution in [0.5, 0.6) is 11.5 Å². The molecule has 24 heavy (non-hydrogen) atoms. The lowest BCUT2D eigenvalue weighted by atomic mass is 10.2. The molecule has 0 unspecified atom stereocenters. The van der Waals surface area contributed by atoms with Crippen molar-refractivity contribution in [3.05, 3.63) is 90.0 Å². The smallest absolute Gasteiger partial charge is 0.125 e. The molecule has 2 N–H and O–H groups in total. The summed E-state index contributed by atoms with van der Waals surface area (Å²) in [6.07, 6.45) is 0. The number of nitrogens with two attached hydrogens (primary N) is 1. The molecule has 3 rings (SSSR count). The van der Waals surface area contributed by atoms with Gasteiger partial charge < -0.3 is 15.2 Å². The van der Waals surface area contributed by atoms with E-state index in [1.807, 2.05) is 66.7 Å². The molecule has 0 fully saturated rings. The summed E-state index contributed by atoms with van der Waals surface area (Å²) in [6, 6.07) is 25.5. The van der Waals surface area contributed by atoms with Crippen LogP contribution in [-0.4, -0.2) is 0 Å². The minimum Gasteiger partial charge on any atom is -0.489 e. The second kappa shape index (κ2) is 8.85. The van der Waals surface area contributed by atoms with E-state index in [4.69, 9.17) is 15.2 Å². The summed E-state index contributed by atoms with van der Waals surface area (Å²) in [6.45, 7) is 1.00. The van der Waals surface area contributed by atoms with Crippen molar-refractivity contribution >= 4 is 18.1 Å². The van der Waals surface area contributed by atoms with Gasteiger partial charge in [0.25, 0.3) is 0 Å². The molecular weight excluding hydrogens is 322 g/mol. The topological polar surface area (TPSA) is 44.5 Å². The molecule has 0 heterocycles. The van der Waals surface area contributed by atoms with Crippen LogP contribution >= 0.6 is 12.4 Å². The Morgan fingerprint density at radius 3 is 1.46 bits per heavy atom. The Kier molecular flexibility index (Phi) is 6.52. The molecule has 0 aromatic heterocycles. The second-order valence-corrected chi connectivity index (χ2v) is 5.29. The van der Waals surface area contributed by atoms with E-state index in [0.29, 0.717) is 30.4 Å². The Morgan fingerprint density at radius 2 is 1.04 bits per heavy atom. The number of ether oxygens (including phenoxy) is 2. The van der Waals surface area contributed by atoms with Crippen molar-refractivity contribution in [2.75, 3.05) is 5.73 Å². The summed E-state index contributed by atoms with van der Waals surface area (Å²) >= 11 is 0. The van der Waals surface area contributed by atoms with Crippen molar-refractivity contribution < 1.29 is 9.47 Å². The van der Waals surface area contributed by atoms with Gasteiger partial charge in [-0.15, -0.1) is 12.4 Å². The van der Waals surface area contributed by atoms with Crippen LogP contribution in [0.15, 0.2) is 78.9 Å². The van der Waals surface area contributed by atoms with E-state index in [1.54, 1.807) is 12.1 Å². The highest BCUT2D eigenvalue weighted by molar-refractivity contribution is 5.85. The quantitative estimate of drug-likeness (QED) is 0.652. The fraction of sp³-hybridized carbons (Fsp3) is 0.100. The van der Waals surface area contributed by atoms with Gasteiger partial charge in [-0.05, 0) is 11.1 Å². The maximum Gasteiger partial charge on any atom is 0.125 e. The molecule has 0 bridgehead atoms. The van der Waals surface area contributed by atoms with Gasteiger partial charge in [0, 0.05) is 23.9 Å². The van der Waals surface area contributed by atoms with Crippen LogP contribution < -0.4 is 15.2 Å². The zero-order chi connectivity index (χ0) is 15.9. The molecule has 0 radical (unpaired) electrons. The molecule has 4 heteroatoms. The Morgan fingerprint density at radius 1 is 0.625 bits per heavy atom. The molecule has 0 aliphatic carbocycles. The van der Waals surface area contributed by atoms with Crippen molar-refractivity contribution in [3.8, 4) is 11.5 Å². The third-order valence-corrected chi connectivity index (χ3v) is 3.40. The second-order valence-electron chi connectivity index (χ2n) is 5.29. The maximum absolute atomic E-state index is 5.94. The zero-order valence-corrected chi connectivity index (χ0v) is 14.0. The van der Waals surface area contributed by atoms with Crippen molar-refractivity contribution in [2.24, 2.45) is 0 Å². The van der Waals surface area contributed by atoms with Crippen LogP contribution in [0.4, 0.5) is 5.69 Å². The van der Waals surface area contributed by atoms with Crippen molar-refractivity contribution in [1.29, 1.82) is 0 Å². The number of hydrogen-bond acceptors (Lipinski definition) is 3. The summed E-state index contributed by atoms with van der Waals surface area (Å²) < 4.78 is 11.6. The number of halogens is 1. The molecule has 3 aromatic rings. The van der Waals surface area contributed by atoms with Crippen molar-refractivity contribution in [1.82, 2.24) is 0 Å². The van der Waals surface area contributed by atoms with Crippen LogP contribution in [0.25, 0.3) is 0 Å². The van der Waals surface area contributed by atoms with Gasteiger partial charge in [-0.1, -0.05) is 60.7 Å². The first kappa shape index (κ1) is 17.7. The normalized spacial score (nSPS) is 9.83. The number of benzene rings is 3. The van der Waals surface area contributed by atoms with Gasteiger partial charge in [-0.25, -0.2) is 0 Å². The molecule has 0 spiro atoms. The van der Waals surface area contributed by atoms with Crippen LogP contribution in [0.2, 0.25) is 0 Å². The minimum atomic E-state index is 0. The fourth-order valence-corrected chi connectivity index (χ4v) is 2.24. The maximum atomic E-state index is 5.94. The van der Waals surface area contributed by atoms with Gasteiger partial charge >= 0.3 is 0 Å². The first-order valence-corrected chi connectivity index (χ1v) is 7.53. The van der Waals surface area contributed by atoms with Gasteiger partial charge in [-0.2, -0.15) is 0 Å². The number of rotatable bonds is 6. The Bertz CT molecular complexity index is 686. The third kappa shape index (κ3) is 5.21. The van der Waals surface area contributed by atoms with E-state index in [1.165, 1.54) is 0 Å². The summed E-state index contributed by atoms with van der Waals surface area (Å²) in [4.78, 5) is 0. The van der Waals surface area contributed by atoms with Crippen LogP contribution in [-0.2, 0) is 13.2 Å². The molecule has 0 saturated heterocycles. The monoisotopic (exact) mass is 341 g/mol. The molecule has 0 amide bonds. The Hall–Kier alpha value is -2.65. The van der Waals surface area contributed by atoms with Crippen LogP contribution in [0.3, 0.4) is 0 Å². The predicted octanol–water partition coefficient (Wildman–Crippen LogP) is 4.85. The zero-order valence-electron chi connectivity index (χ0n) is 13.2. The first-order chi connectivity index (χ1) is 11.3. The van der Waals surface area contributed by atoms with E-state index in [0.717, 1.165) is 11.1 Å². The minimum absolute atomic E-state index is 0. The summed E-state index contributed by atoms with van der Waals surface area (Å²) in [5, 5.41) is 0. The standard InChI is InChI=1S/C20H19NO2.ClH/c21-18-11-19(22-14-16-7-3-1-4-8-16)13-20(12-18)23-15-17-9-5-2-6-10-17;/h1-13H,14-15,21H2;1H. The number of hydrogen-bond donors (Lipinski definition) is 1. The lowest BCUT2D eigenvalue weighted by Gasteiger charge is -2.11. The van der Waals surface area contributed by atoms with Gasteiger partial charge in [0.2, 0.25) is 0 Å². The Balaban J connectivity index is 0.00000208. The number of nitrogen functional groups attached to an aromatic ring is 1. The van der Waals surface area contributed by atoms with Gasteiger partial charge in [0.05, 0.1) is 0 Å². The van der Waals surface area contributed by atoms with E-state index < -0.39 is 0 Å². The average Bonchev–Trinajstić information content (AvgIpc) is 2.60. The first-order valence-electron chi connectivity index (χ1n) is 7.53. The lowest BCUT2D eigenvalue weighted by molar-refractivity contribution is 0.290. The van der Waals surface area contributed by atoms with Crippen LogP contribution in [0, 0.1) is 0 Å². The predicted molar refractivity (Wildman–Crippen MR) is 99.7 cm³/mol.